The van der Waals surface area contributed by atoms with Crippen molar-refractivity contribution in [2.24, 2.45) is 11.7 Å². The van der Waals surface area contributed by atoms with E-state index in [2.05, 4.69) is 58.6 Å². The summed E-state index contributed by atoms with van der Waals surface area (Å²) in [6, 6.07) is 11.8. The first-order valence-corrected chi connectivity index (χ1v) is 16.9. The van der Waals surface area contributed by atoms with Crippen LogP contribution in [0, 0.1) is 16.7 Å². The lowest BCUT2D eigenvalue weighted by atomic mass is 9.86. The first-order valence-electron chi connectivity index (χ1n) is 14.8. The van der Waals surface area contributed by atoms with Gasteiger partial charge in [-0.1, -0.05) is 65.8 Å². The molecular weight excluding hydrogens is 502 g/mol. The lowest BCUT2D eigenvalue weighted by molar-refractivity contribution is 0.176. The van der Waals surface area contributed by atoms with Crippen molar-refractivity contribution in [2.75, 3.05) is 19.7 Å². The van der Waals surface area contributed by atoms with Crippen molar-refractivity contribution in [2.45, 2.75) is 96.0 Å². The standard InChI is InChI=1S/C31H49N5O2Si/c1-21(2)39(22(3)4,23(5)6)37-18-16-24-15-17-35(19-24)31(34)36-20-25(11-14-30(36)33)38-29-13-12-28(32)26-9-7-8-10-27(26)29/h7-11,14,20-24,28-29,33-34H,12-13,15-19,32H2,1-6H3. The van der Waals surface area contributed by atoms with Crippen LogP contribution in [0.4, 0.5) is 0 Å². The molecule has 1 aromatic heterocycles. The van der Waals surface area contributed by atoms with Gasteiger partial charge in [-0.15, -0.1) is 0 Å². The van der Waals surface area contributed by atoms with Crippen LogP contribution in [0.3, 0.4) is 0 Å². The summed E-state index contributed by atoms with van der Waals surface area (Å²) >= 11 is 0. The largest absolute Gasteiger partial charge is 0.484 e. The number of ether oxygens (including phenoxy) is 1. The van der Waals surface area contributed by atoms with Gasteiger partial charge in [-0.2, -0.15) is 0 Å². The summed E-state index contributed by atoms with van der Waals surface area (Å²) in [6.45, 7) is 16.5. The molecule has 4 rings (SSSR count). The second-order valence-corrected chi connectivity index (χ2v) is 17.9. The maximum Gasteiger partial charge on any atom is 0.203 e. The van der Waals surface area contributed by atoms with Gasteiger partial charge in [0.05, 0.1) is 6.20 Å². The molecule has 0 radical (unpaired) electrons. The number of hydrogen-bond acceptors (Lipinski definition) is 5. The average molecular weight is 552 g/mol. The Labute approximate surface area is 235 Å². The molecule has 1 fully saturated rings. The molecule has 0 saturated carbocycles. The Morgan fingerprint density at radius 3 is 2.31 bits per heavy atom. The maximum absolute atomic E-state index is 8.94. The van der Waals surface area contributed by atoms with Crippen LogP contribution in [0.1, 0.15) is 90.5 Å². The molecule has 7 nitrogen and oxygen atoms in total. The first-order chi connectivity index (χ1) is 18.5. The number of likely N-dealkylation sites (tertiary alicyclic amines) is 1. The Hall–Kier alpha value is -2.42. The number of nitrogens with zero attached hydrogens (tertiary/aromatic N) is 2. The summed E-state index contributed by atoms with van der Waals surface area (Å²) in [5.41, 5.74) is 10.7. The van der Waals surface area contributed by atoms with Gasteiger partial charge in [0.25, 0.3) is 0 Å². The van der Waals surface area contributed by atoms with Crippen molar-refractivity contribution in [3.8, 4) is 5.75 Å². The number of benzene rings is 1. The highest BCUT2D eigenvalue weighted by atomic mass is 28.4. The van der Waals surface area contributed by atoms with Crippen LogP contribution in [0.15, 0.2) is 42.6 Å². The summed E-state index contributed by atoms with van der Waals surface area (Å²) in [6.07, 6.45) is 5.52. The fourth-order valence-corrected chi connectivity index (χ4v) is 12.6. The Morgan fingerprint density at radius 1 is 0.974 bits per heavy atom. The van der Waals surface area contributed by atoms with E-state index in [1.165, 1.54) is 0 Å². The average Bonchev–Trinajstić information content (AvgIpc) is 3.37. The molecule has 2 heterocycles. The Kier molecular flexibility index (Phi) is 9.39. The third kappa shape index (κ3) is 6.18. The molecule has 3 atom stereocenters. The number of aromatic nitrogens is 1. The second kappa shape index (κ2) is 12.4. The summed E-state index contributed by atoms with van der Waals surface area (Å²) < 4.78 is 14.9. The highest BCUT2D eigenvalue weighted by Gasteiger charge is 2.45. The molecule has 3 unspecified atom stereocenters. The molecule has 8 heteroatoms. The minimum Gasteiger partial charge on any atom is -0.484 e. The third-order valence-corrected chi connectivity index (χ3v) is 15.2. The SMILES string of the molecule is CC(C)[Si](OCCC1CCN(C(=N)n2cc(OC3CCC(N)c4ccccc43)ccc2=N)C1)(C(C)C)C(C)C. The number of nitrogens with one attached hydrogen (secondary N) is 2. The van der Waals surface area contributed by atoms with Crippen molar-refractivity contribution < 1.29 is 9.16 Å². The smallest absolute Gasteiger partial charge is 0.203 e. The Balaban J connectivity index is 1.39. The number of nitrogens with two attached hydrogens (primary N) is 1. The summed E-state index contributed by atoms with van der Waals surface area (Å²) in [7, 11) is -1.86. The molecule has 0 spiro atoms. The van der Waals surface area contributed by atoms with Crippen LogP contribution in [0.5, 0.6) is 5.75 Å². The molecule has 2 aromatic rings. The number of pyridine rings is 1. The van der Waals surface area contributed by atoms with Gasteiger partial charge in [0.2, 0.25) is 5.96 Å². The summed E-state index contributed by atoms with van der Waals surface area (Å²) in [5.74, 6) is 1.52. The number of rotatable bonds is 9. The predicted molar refractivity (Wildman–Crippen MR) is 161 cm³/mol. The van der Waals surface area contributed by atoms with E-state index in [0.29, 0.717) is 34.3 Å². The van der Waals surface area contributed by atoms with E-state index < -0.39 is 8.32 Å². The van der Waals surface area contributed by atoms with Gasteiger partial charge in [0.1, 0.15) is 17.3 Å². The summed E-state index contributed by atoms with van der Waals surface area (Å²) in [5, 5.41) is 17.4. The lowest BCUT2D eigenvalue weighted by Crippen LogP contribution is -2.48. The van der Waals surface area contributed by atoms with Crippen molar-refractivity contribution in [3.63, 3.8) is 0 Å². The van der Waals surface area contributed by atoms with E-state index in [9.17, 15) is 0 Å². The summed E-state index contributed by atoms with van der Waals surface area (Å²) in [4.78, 5) is 2.10. The number of hydrogen-bond donors (Lipinski definition) is 3. The van der Waals surface area contributed by atoms with Crippen molar-refractivity contribution in [1.82, 2.24) is 9.47 Å². The zero-order valence-corrected chi connectivity index (χ0v) is 25.7. The molecule has 0 amide bonds. The van der Waals surface area contributed by atoms with E-state index in [-0.39, 0.29) is 17.6 Å². The van der Waals surface area contributed by atoms with Gasteiger partial charge in [0.15, 0.2) is 8.32 Å². The third-order valence-electron chi connectivity index (χ3n) is 9.08. The van der Waals surface area contributed by atoms with E-state index in [0.717, 1.165) is 56.5 Å². The highest BCUT2D eigenvalue weighted by molar-refractivity contribution is 6.77. The fourth-order valence-electron chi connectivity index (χ4n) is 7.11. The topological polar surface area (TPSA) is 100 Å². The zero-order chi connectivity index (χ0) is 28.3. The lowest BCUT2D eigenvalue weighted by Gasteiger charge is -2.42. The maximum atomic E-state index is 8.94. The Bertz CT molecular complexity index is 1170. The van der Waals surface area contributed by atoms with E-state index in [1.807, 2.05) is 18.2 Å². The monoisotopic (exact) mass is 551 g/mol. The fraction of sp³-hybridized carbons (Fsp3) is 0.613. The van der Waals surface area contributed by atoms with Gasteiger partial charge < -0.3 is 19.8 Å². The van der Waals surface area contributed by atoms with Crippen LogP contribution in [0.25, 0.3) is 0 Å². The molecule has 1 aromatic carbocycles. The minimum atomic E-state index is -1.86. The molecule has 2 aliphatic rings. The molecule has 1 saturated heterocycles. The highest BCUT2D eigenvalue weighted by Crippen LogP contribution is 2.42. The van der Waals surface area contributed by atoms with Crippen LogP contribution in [0.2, 0.25) is 16.6 Å². The molecule has 1 aliphatic carbocycles. The van der Waals surface area contributed by atoms with Gasteiger partial charge in [-0.25, -0.2) is 0 Å². The van der Waals surface area contributed by atoms with Crippen molar-refractivity contribution in [3.05, 3.63) is 59.2 Å². The molecule has 0 bridgehead atoms. The van der Waals surface area contributed by atoms with Crippen LogP contribution in [-0.4, -0.2) is 43.4 Å². The molecule has 39 heavy (non-hydrogen) atoms. The van der Waals surface area contributed by atoms with Gasteiger partial charge in [-0.3, -0.25) is 15.4 Å². The second-order valence-electron chi connectivity index (χ2n) is 12.4. The number of fused-ring (bicyclic) bond motifs is 1. The van der Waals surface area contributed by atoms with E-state index >= 15 is 0 Å². The van der Waals surface area contributed by atoms with Gasteiger partial charge in [-0.05, 0) is 71.5 Å². The Morgan fingerprint density at radius 2 is 1.64 bits per heavy atom. The first kappa shape index (κ1) is 29.6. The minimum absolute atomic E-state index is 0.0446. The van der Waals surface area contributed by atoms with E-state index in [1.54, 1.807) is 16.8 Å². The molecule has 1 aliphatic heterocycles. The van der Waals surface area contributed by atoms with Crippen molar-refractivity contribution in [1.29, 1.82) is 10.8 Å². The zero-order valence-electron chi connectivity index (χ0n) is 24.7. The van der Waals surface area contributed by atoms with E-state index in [4.69, 9.17) is 25.7 Å². The predicted octanol–water partition coefficient (Wildman–Crippen LogP) is 6.57. The quantitative estimate of drug-likeness (QED) is 0.186. The molecule has 214 valence electrons. The molecular formula is C31H49N5O2Si. The molecule has 4 N–H and O–H groups in total. The van der Waals surface area contributed by atoms with Crippen LogP contribution in [-0.2, 0) is 4.43 Å². The van der Waals surface area contributed by atoms with Crippen molar-refractivity contribution >= 4 is 14.3 Å². The van der Waals surface area contributed by atoms with Gasteiger partial charge in [0, 0.05) is 25.7 Å². The van der Waals surface area contributed by atoms with Crippen LogP contribution >= 0.6 is 0 Å². The normalized spacial score (nSPS) is 21.6. The van der Waals surface area contributed by atoms with Crippen LogP contribution < -0.4 is 16.0 Å². The van der Waals surface area contributed by atoms with Gasteiger partial charge >= 0.3 is 0 Å².